The summed E-state index contributed by atoms with van der Waals surface area (Å²) in [4.78, 5) is 11.7. The molecule has 1 aromatic heterocycles. The molecule has 29 heavy (non-hydrogen) atoms. The fourth-order valence-electron chi connectivity index (χ4n) is 4.05. The van der Waals surface area contributed by atoms with Gasteiger partial charge in [0, 0.05) is 17.5 Å². The second kappa shape index (κ2) is 6.34. The van der Waals surface area contributed by atoms with Gasteiger partial charge >= 0.3 is 0 Å². The SMILES string of the molecule is NC(=O)C1C(F)=CC=CC1(F)c1ccc(-n2nc(C3CC3)cc2C2CC2)c(F)c1. The molecule has 0 spiro atoms. The Labute approximate surface area is 165 Å². The number of hydrogen-bond acceptors (Lipinski definition) is 2. The molecule has 3 aliphatic rings. The first-order valence-corrected chi connectivity index (χ1v) is 9.82. The molecule has 3 aliphatic carbocycles. The van der Waals surface area contributed by atoms with Crippen LogP contribution in [-0.2, 0) is 10.5 Å². The van der Waals surface area contributed by atoms with Gasteiger partial charge in [-0.2, -0.15) is 5.10 Å². The lowest BCUT2D eigenvalue weighted by Gasteiger charge is -2.30. The number of nitrogens with zero attached hydrogens (tertiary/aromatic N) is 2. The third-order valence-electron chi connectivity index (χ3n) is 5.94. The van der Waals surface area contributed by atoms with Crippen molar-refractivity contribution in [2.45, 2.75) is 43.2 Å². The van der Waals surface area contributed by atoms with Gasteiger partial charge in [0.25, 0.3) is 0 Å². The Bertz CT molecular complexity index is 1070. The van der Waals surface area contributed by atoms with Gasteiger partial charge in [-0.05, 0) is 61.6 Å². The van der Waals surface area contributed by atoms with Crippen LogP contribution in [0.25, 0.3) is 5.69 Å². The maximum atomic E-state index is 15.7. The van der Waals surface area contributed by atoms with Crippen LogP contribution in [-0.4, -0.2) is 15.7 Å². The average molecular weight is 399 g/mol. The number of amides is 1. The molecule has 0 radical (unpaired) electrons. The third-order valence-corrected chi connectivity index (χ3v) is 5.94. The molecular weight excluding hydrogens is 379 g/mol. The molecule has 2 fully saturated rings. The van der Waals surface area contributed by atoms with E-state index in [1.165, 1.54) is 18.2 Å². The van der Waals surface area contributed by atoms with Crippen LogP contribution in [0.5, 0.6) is 0 Å². The Morgan fingerprint density at radius 2 is 1.86 bits per heavy atom. The first-order chi connectivity index (χ1) is 13.9. The summed E-state index contributed by atoms with van der Waals surface area (Å²) in [6.07, 6.45) is 7.46. The number of halogens is 3. The van der Waals surface area contributed by atoms with E-state index in [-0.39, 0.29) is 11.3 Å². The molecule has 2 aromatic rings. The maximum absolute atomic E-state index is 15.7. The van der Waals surface area contributed by atoms with Crippen LogP contribution in [0.2, 0.25) is 0 Å². The molecule has 0 bridgehead atoms. The lowest BCUT2D eigenvalue weighted by Crippen LogP contribution is -2.40. The number of carbonyl (C=O) groups excluding carboxylic acids is 1. The number of nitrogens with two attached hydrogens (primary N) is 1. The van der Waals surface area contributed by atoms with Crippen molar-refractivity contribution in [3.05, 3.63) is 71.1 Å². The molecule has 1 heterocycles. The second-order valence-corrected chi connectivity index (χ2v) is 8.13. The van der Waals surface area contributed by atoms with Crippen molar-refractivity contribution < 1.29 is 18.0 Å². The smallest absolute Gasteiger partial charge is 0.231 e. The molecule has 1 aromatic carbocycles. The molecule has 2 saturated carbocycles. The zero-order valence-electron chi connectivity index (χ0n) is 15.6. The summed E-state index contributed by atoms with van der Waals surface area (Å²) < 4.78 is 46.5. The van der Waals surface area contributed by atoms with Crippen molar-refractivity contribution in [1.82, 2.24) is 9.78 Å². The Morgan fingerprint density at radius 1 is 1.14 bits per heavy atom. The lowest BCUT2D eigenvalue weighted by molar-refractivity contribution is -0.125. The van der Waals surface area contributed by atoms with Crippen LogP contribution in [0.1, 0.15) is 54.5 Å². The van der Waals surface area contributed by atoms with Crippen LogP contribution in [0, 0.1) is 11.7 Å². The molecule has 2 atom stereocenters. The zero-order chi connectivity index (χ0) is 20.3. The fourth-order valence-corrected chi connectivity index (χ4v) is 4.05. The Balaban J connectivity index is 1.56. The van der Waals surface area contributed by atoms with E-state index in [9.17, 15) is 9.18 Å². The van der Waals surface area contributed by atoms with Crippen LogP contribution >= 0.6 is 0 Å². The van der Waals surface area contributed by atoms with E-state index in [4.69, 9.17) is 5.73 Å². The van der Waals surface area contributed by atoms with Gasteiger partial charge in [-0.15, -0.1) is 0 Å². The van der Waals surface area contributed by atoms with Crippen molar-refractivity contribution in [3.8, 4) is 5.69 Å². The molecule has 150 valence electrons. The quantitative estimate of drug-likeness (QED) is 0.807. The van der Waals surface area contributed by atoms with Crippen LogP contribution in [0.15, 0.2) is 48.3 Å². The Morgan fingerprint density at radius 3 is 2.48 bits per heavy atom. The van der Waals surface area contributed by atoms with Crippen LogP contribution in [0.3, 0.4) is 0 Å². The molecule has 7 heteroatoms. The second-order valence-electron chi connectivity index (χ2n) is 8.13. The van der Waals surface area contributed by atoms with Crippen molar-refractivity contribution in [3.63, 3.8) is 0 Å². The summed E-state index contributed by atoms with van der Waals surface area (Å²) in [7, 11) is 0. The molecule has 1 amide bonds. The van der Waals surface area contributed by atoms with E-state index in [1.807, 2.05) is 6.07 Å². The minimum absolute atomic E-state index is 0.162. The number of allylic oxidation sites excluding steroid dienone is 3. The van der Waals surface area contributed by atoms with E-state index >= 15 is 8.78 Å². The van der Waals surface area contributed by atoms with E-state index in [1.54, 1.807) is 4.68 Å². The van der Waals surface area contributed by atoms with Gasteiger partial charge in [-0.25, -0.2) is 17.9 Å². The van der Waals surface area contributed by atoms with E-state index in [0.29, 0.717) is 11.8 Å². The number of benzene rings is 1. The number of hydrogen-bond donors (Lipinski definition) is 1. The van der Waals surface area contributed by atoms with Gasteiger partial charge < -0.3 is 5.73 Å². The van der Waals surface area contributed by atoms with Gasteiger partial charge in [-0.3, -0.25) is 4.79 Å². The minimum Gasteiger partial charge on any atom is -0.369 e. The summed E-state index contributed by atoms with van der Waals surface area (Å²) >= 11 is 0. The Hall–Kier alpha value is -2.83. The Kier molecular flexibility index (Phi) is 3.98. The molecule has 2 unspecified atom stereocenters. The number of aromatic nitrogens is 2. The van der Waals surface area contributed by atoms with E-state index < -0.39 is 29.1 Å². The highest BCUT2D eigenvalue weighted by Gasteiger charge is 2.47. The average Bonchev–Trinajstić information content (AvgIpc) is 3.59. The van der Waals surface area contributed by atoms with E-state index in [2.05, 4.69) is 5.10 Å². The maximum Gasteiger partial charge on any atom is 0.231 e. The van der Waals surface area contributed by atoms with Crippen molar-refractivity contribution in [1.29, 1.82) is 0 Å². The van der Waals surface area contributed by atoms with Gasteiger partial charge in [0.05, 0.1) is 5.69 Å². The topological polar surface area (TPSA) is 60.9 Å². The molecule has 0 saturated heterocycles. The first-order valence-electron chi connectivity index (χ1n) is 9.82. The molecule has 0 aliphatic heterocycles. The van der Waals surface area contributed by atoms with Crippen molar-refractivity contribution in [2.75, 3.05) is 0 Å². The molecule has 4 nitrogen and oxygen atoms in total. The highest BCUT2D eigenvalue weighted by molar-refractivity contribution is 5.82. The summed E-state index contributed by atoms with van der Waals surface area (Å²) in [6, 6.07) is 5.85. The predicted octanol–water partition coefficient (Wildman–Crippen LogP) is 4.46. The highest BCUT2D eigenvalue weighted by Crippen LogP contribution is 2.46. The monoisotopic (exact) mass is 399 g/mol. The first kappa shape index (κ1) is 18.2. The predicted molar refractivity (Wildman–Crippen MR) is 101 cm³/mol. The standard InChI is InChI=1S/C22H20F3N3O/c23-15-2-1-9-22(25,20(15)21(26)29)14-7-8-18(16(24)10-14)28-19(13-5-6-13)11-17(27-28)12-3-4-12/h1-2,7-13,20H,3-6H2,(H2,26,29). The highest BCUT2D eigenvalue weighted by atomic mass is 19.2. The number of rotatable bonds is 5. The van der Waals surface area contributed by atoms with Crippen molar-refractivity contribution in [2.24, 2.45) is 11.7 Å². The molecule has 5 rings (SSSR count). The normalized spacial score (nSPS) is 26.4. The van der Waals surface area contributed by atoms with Crippen LogP contribution < -0.4 is 5.73 Å². The summed E-state index contributed by atoms with van der Waals surface area (Å²) in [5, 5.41) is 4.60. The zero-order valence-corrected chi connectivity index (χ0v) is 15.6. The van der Waals surface area contributed by atoms with Gasteiger partial charge in [-0.1, -0.05) is 12.1 Å². The number of carbonyl (C=O) groups is 1. The van der Waals surface area contributed by atoms with Crippen molar-refractivity contribution >= 4 is 5.91 Å². The van der Waals surface area contributed by atoms with Crippen LogP contribution in [0.4, 0.5) is 13.2 Å². The number of primary amides is 1. The molecule has 2 N–H and O–H groups in total. The minimum atomic E-state index is -2.55. The lowest BCUT2D eigenvalue weighted by atomic mass is 9.78. The largest absolute Gasteiger partial charge is 0.369 e. The molecular formula is C22H20F3N3O. The van der Waals surface area contributed by atoms with Gasteiger partial charge in [0.15, 0.2) is 5.67 Å². The summed E-state index contributed by atoms with van der Waals surface area (Å²) in [5.74, 6) is -3.84. The fraction of sp³-hybridized carbons (Fsp3) is 0.364. The summed E-state index contributed by atoms with van der Waals surface area (Å²) in [6.45, 7) is 0. The number of alkyl halides is 1. The van der Waals surface area contributed by atoms with E-state index in [0.717, 1.165) is 55.3 Å². The van der Waals surface area contributed by atoms with Gasteiger partial charge in [0.1, 0.15) is 23.2 Å². The summed E-state index contributed by atoms with van der Waals surface area (Å²) in [5.41, 5.74) is 4.67. The third kappa shape index (κ3) is 2.99. The van der Waals surface area contributed by atoms with Gasteiger partial charge in [0.2, 0.25) is 5.91 Å².